The van der Waals surface area contributed by atoms with Gasteiger partial charge in [0.2, 0.25) is 10.0 Å². The molecular formula is C13H15F3N4O2S. The highest BCUT2D eigenvalue weighted by Crippen LogP contribution is 2.24. The second-order valence-electron chi connectivity index (χ2n) is 5.34. The van der Waals surface area contributed by atoms with Crippen LogP contribution in [-0.2, 0) is 10.0 Å². The van der Waals surface area contributed by atoms with E-state index in [0.29, 0.717) is 18.7 Å². The molecule has 1 aliphatic rings. The van der Waals surface area contributed by atoms with Crippen molar-refractivity contribution in [1.82, 2.24) is 4.90 Å². The third kappa shape index (κ3) is 4.82. The van der Waals surface area contributed by atoms with Gasteiger partial charge in [0.1, 0.15) is 6.07 Å². The minimum absolute atomic E-state index is 0.0748. The molecule has 1 aromatic carbocycles. The maximum atomic E-state index is 12.4. The summed E-state index contributed by atoms with van der Waals surface area (Å²) in [5, 5.41) is 17.1. The highest BCUT2D eigenvalue weighted by Gasteiger charge is 2.34. The Bertz CT molecular complexity index is 728. The third-order valence-electron chi connectivity index (χ3n) is 3.47. The molecule has 6 nitrogen and oxygen atoms in total. The van der Waals surface area contributed by atoms with E-state index in [1.807, 2.05) is 6.07 Å². The number of hydrogen-bond acceptors (Lipinski definition) is 5. The molecule has 126 valence electrons. The summed E-state index contributed by atoms with van der Waals surface area (Å²) in [4.78, 5) is 1.09. The summed E-state index contributed by atoms with van der Waals surface area (Å²) >= 11 is 0. The molecule has 0 unspecified atom stereocenters. The van der Waals surface area contributed by atoms with Gasteiger partial charge in [-0.3, -0.25) is 4.90 Å². The van der Waals surface area contributed by atoms with Crippen LogP contribution in [-0.4, -0.2) is 45.2 Å². The van der Waals surface area contributed by atoms with Gasteiger partial charge < -0.3 is 5.32 Å². The first kappa shape index (κ1) is 17.5. The number of rotatable bonds is 4. The van der Waals surface area contributed by atoms with Crippen molar-refractivity contribution in [2.45, 2.75) is 23.5 Å². The fourth-order valence-corrected chi connectivity index (χ4v) is 3.03. The lowest BCUT2D eigenvalue weighted by atomic mass is 10.1. The average molecular weight is 348 g/mol. The zero-order valence-electron chi connectivity index (χ0n) is 12.0. The van der Waals surface area contributed by atoms with E-state index >= 15 is 0 Å². The second kappa shape index (κ2) is 6.35. The SMILES string of the molecule is N#Cc1cc(S(N)(=O)=O)ccc1N[C@H]1CCN(CC(F)(F)F)C1. The van der Waals surface area contributed by atoms with Crippen molar-refractivity contribution < 1.29 is 21.6 Å². The van der Waals surface area contributed by atoms with Gasteiger partial charge in [-0.2, -0.15) is 18.4 Å². The number of nitrogens with two attached hydrogens (primary N) is 1. The summed E-state index contributed by atoms with van der Waals surface area (Å²) < 4.78 is 59.6. The number of likely N-dealkylation sites (tertiary alicyclic amines) is 1. The molecule has 1 saturated heterocycles. The normalized spacial score (nSPS) is 19.5. The largest absolute Gasteiger partial charge is 0.401 e. The smallest absolute Gasteiger partial charge is 0.380 e. The van der Waals surface area contributed by atoms with E-state index in [1.54, 1.807) is 0 Å². The van der Waals surface area contributed by atoms with E-state index in [9.17, 15) is 21.6 Å². The molecule has 1 aromatic rings. The number of benzene rings is 1. The van der Waals surface area contributed by atoms with Crippen molar-refractivity contribution in [3.8, 4) is 6.07 Å². The minimum atomic E-state index is -4.25. The van der Waals surface area contributed by atoms with Crippen molar-refractivity contribution >= 4 is 15.7 Å². The monoisotopic (exact) mass is 348 g/mol. The number of anilines is 1. The van der Waals surface area contributed by atoms with E-state index in [1.165, 1.54) is 17.0 Å². The standard InChI is InChI=1S/C13H15F3N4O2S/c14-13(15,16)8-20-4-3-10(7-20)19-12-2-1-11(23(18,21)22)5-9(12)6-17/h1-2,5,10,19H,3-4,7-8H2,(H2,18,21,22)/t10-/m0/s1. The molecule has 1 fully saturated rings. The van der Waals surface area contributed by atoms with Crippen molar-refractivity contribution in [2.75, 3.05) is 25.0 Å². The number of nitriles is 1. The molecule has 10 heteroatoms. The van der Waals surface area contributed by atoms with E-state index in [4.69, 9.17) is 10.4 Å². The average Bonchev–Trinajstić information content (AvgIpc) is 2.82. The van der Waals surface area contributed by atoms with Crippen LogP contribution in [0.4, 0.5) is 18.9 Å². The minimum Gasteiger partial charge on any atom is -0.380 e. The van der Waals surface area contributed by atoms with Crippen LogP contribution in [0.1, 0.15) is 12.0 Å². The van der Waals surface area contributed by atoms with Crippen LogP contribution in [0.25, 0.3) is 0 Å². The number of nitrogens with zero attached hydrogens (tertiary/aromatic N) is 2. The van der Waals surface area contributed by atoms with Gasteiger partial charge in [0, 0.05) is 19.1 Å². The van der Waals surface area contributed by atoms with E-state index in [0.717, 1.165) is 6.07 Å². The van der Waals surface area contributed by atoms with Crippen molar-refractivity contribution in [3.05, 3.63) is 23.8 Å². The predicted octanol–water partition coefficient (Wildman–Crippen LogP) is 1.25. The van der Waals surface area contributed by atoms with Crippen LogP contribution in [0.2, 0.25) is 0 Å². The summed E-state index contributed by atoms with van der Waals surface area (Å²) in [6.45, 7) is -0.476. The fourth-order valence-electron chi connectivity index (χ4n) is 2.49. The maximum absolute atomic E-state index is 12.4. The van der Waals surface area contributed by atoms with Gasteiger partial charge in [-0.15, -0.1) is 0 Å². The van der Waals surface area contributed by atoms with Gasteiger partial charge in [0.15, 0.2) is 0 Å². The molecule has 3 N–H and O–H groups in total. The number of halogens is 3. The first-order valence-corrected chi connectivity index (χ1v) is 8.26. The number of sulfonamides is 1. The van der Waals surface area contributed by atoms with Crippen LogP contribution in [0.3, 0.4) is 0 Å². The molecule has 0 aliphatic carbocycles. The number of alkyl halides is 3. The first-order valence-electron chi connectivity index (χ1n) is 6.71. The summed E-state index contributed by atoms with van der Waals surface area (Å²) in [5.74, 6) is 0. The van der Waals surface area contributed by atoms with Gasteiger partial charge in [0.05, 0.1) is 22.7 Å². The second-order valence-corrected chi connectivity index (χ2v) is 6.91. The third-order valence-corrected chi connectivity index (χ3v) is 4.39. The number of hydrogen-bond donors (Lipinski definition) is 2. The molecule has 1 atom stereocenters. The Morgan fingerprint density at radius 1 is 1.43 bits per heavy atom. The van der Waals surface area contributed by atoms with Gasteiger partial charge in [-0.05, 0) is 24.6 Å². The zero-order chi connectivity index (χ0) is 17.3. The Labute approximate surface area is 131 Å². The highest BCUT2D eigenvalue weighted by molar-refractivity contribution is 7.89. The Morgan fingerprint density at radius 2 is 2.13 bits per heavy atom. The summed E-state index contributed by atoms with van der Waals surface area (Å²) in [6.07, 6.45) is -3.75. The summed E-state index contributed by atoms with van der Waals surface area (Å²) in [6, 6.07) is 5.39. The van der Waals surface area contributed by atoms with Gasteiger partial charge in [0.25, 0.3) is 0 Å². The van der Waals surface area contributed by atoms with Crippen molar-refractivity contribution in [3.63, 3.8) is 0 Å². The fraction of sp³-hybridized carbons (Fsp3) is 0.462. The molecule has 0 radical (unpaired) electrons. The lowest BCUT2D eigenvalue weighted by Gasteiger charge is -2.19. The lowest BCUT2D eigenvalue weighted by molar-refractivity contribution is -0.143. The van der Waals surface area contributed by atoms with Gasteiger partial charge >= 0.3 is 6.18 Å². The molecule has 23 heavy (non-hydrogen) atoms. The zero-order valence-corrected chi connectivity index (χ0v) is 12.8. The van der Waals surface area contributed by atoms with E-state index in [2.05, 4.69) is 5.32 Å². The van der Waals surface area contributed by atoms with Crippen LogP contribution < -0.4 is 10.5 Å². The van der Waals surface area contributed by atoms with Crippen LogP contribution >= 0.6 is 0 Å². The predicted molar refractivity (Wildman–Crippen MR) is 77.1 cm³/mol. The van der Waals surface area contributed by atoms with Gasteiger partial charge in [-0.25, -0.2) is 13.6 Å². The Hall–Kier alpha value is -1.83. The summed E-state index contributed by atoms with van der Waals surface area (Å²) in [7, 11) is -3.92. The number of nitrogens with one attached hydrogen (secondary N) is 1. The first-order chi connectivity index (χ1) is 10.6. The Morgan fingerprint density at radius 3 is 2.70 bits per heavy atom. The Kier molecular flexibility index (Phi) is 4.84. The molecule has 0 saturated carbocycles. The summed E-state index contributed by atoms with van der Waals surface area (Å²) in [5.41, 5.74) is 0.449. The molecule has 2 rings (SSSR count). The molecule has 0 bridgehead atoms. The number of primary sulfonamides is 1. The lowest BCUT2D eigenvalue weighted by Crippen LogP contribution is -2.34. The van der Waals surface area contributed by atoms with E-state index in [-0.39, 0.29) is 23.0 Å². The molecule has 0 amide bonds. The van der Waals surface area contributed by atoms with Gasteiger partial charge in [-0.1, -0.05) is 0 Å². The molecule has 1 aliphatic heterocycles. The van der Waals surface area contributed by atoms with Crippen molar-refractivity contribution in [1.29, 1.82) is 5.26 Å². The molecule has 1 heterocycles. The van der Waals surface area contributed by atoms with E-state index < -0.39 is 22.7 Å². The Balaban J connectivity index is 2.08. The molecular weight excluding hydrogens is 333 g/mol. The highest BCUT2D eigenvalue weighted by atomic mass is 32.2. The van der Waals surface area contributed by atoms with Crippen molar-refractivity contribution in [2.24, 2.45) is 5.14 Å². The van der Waals surface area contributed by atoms with Crippen LogP contribution in [0, 0.1) is 11.3 Å². The molecule has 0 aromatic heterocycles. The quantitative estimate of drug-likeness (QED) is 0.853. The topological polar surface area (TPSA) is 99.2 Å². The van der Waals surface area contributed by atoms with Crippen LogP contribution in [0.15, 0.2) is 23.1 Å². The van der Waals surface area contributed by atoms with Crippen LogP contribution in [0.5, 0.6) is 0 Å². The molecule has 0 spiro atoms. The maximum Gasteiger partial charge on any atom is 0.401 e.